The second-order valence-corrected chi connectivity index (χ2v) is 6.70. The molecule has 0 spiro atoms. The van der Waals surface area contributed by atoms with Crippen molar-refractivity contribution in [2.75, 3.05) is 23.3 Å². The molecule has 22 heavy (non-hydrogen) atoms. The van der Waals surface area contributed by atoms with E-state index in [-0.39, 0.29) is 0 Å². The van der Waals surface area contributed by atoms with Crippen molar-refractivity contribution in [2.45, 2.75) is 18.5 Å². The van der Waals surface area contributed by atoms with Crippen LogP contribution in [0.5, 0.6) is 0 Å². The number of piperidine rings is 1. The van der Waals surface area contributed by atoms with E-state index in [2.05, 4.69) is 26.6 Å². The topological polar surface area (TPSA) is 40.2 Å². The van der Waals surface area contributed by atoms with Crippen LogP contribution < -0.4 is 15.5 Å². The summed E-state index contributed by atoms with van der Waals surface area (Å²) >= 11 is 12.0. The van der Waals surface area contributed by atoms with Gasteiger partial charge in [0.15, 0.2) is 0 Å². The minimum Gasteiger partial charge on any atom is -0.367 e. The second-order valence-electron chi connectivity index (χ2n) is 5.89. The van der Waals surface area contributed by atoms with Crippen molar-refractivity contribution in [3.63, 3.8) is 0 Å². The first-order valence-corrected chi connectivity index (χ1v) is 8.11. The van der Waals surface area contributed by atoms with Crippen molar-refractivity contribution in [3.05, 3.63) is 46.7 Å². The molecule has 2 atom stereocenters. The Labute approximate surface area is 139 Å². The molecule has 4 nitrogen and oxygen atoms in total. The summed E-state index contributed by atoms with van der Waals surface area (Å²) in [5.74, 6) is 0. The average Bonchev–Trinajstić information content (AvgIpc) is 2.51. The lowest BCUT2D eigenvalue weighted by Crippen LogP contribution is -2.67. The molecule has 2 unspecified atom stereocenters. The van der Waals surface area contributed by atoms with Gasteiger partial charge in [-0.2, -0.15) is 0 Å². The van der Waals surface area contributed by atoms with E-state index in [1.807, 2.05) is 24.5 Å². The van der Waals surface area contributed by atoms with Crippen molar-refractivity contribution < 1.29 is 0 Å². The fraction of sp³-hybridized carbons (Fsp3) is 0.312. The average molecular weight is 335 g/mol. The first kappa shape index (κ1) is 14.1. The van der Waals surface area contributed by atoms with E-state index < -0.39 is 0 Å². The van der Waals surface area contributed by atoms with Gasteiger partial charge >= 0.3 is 0 Å². The number of aromatic nitrogens is 1. The number of hydrogen-bond acceptors (Lipinski definition) is 4. The Kier molecular flexibility index (Phi) is 3.60. The highest BCUT2D eigenvalue weighted by molar-refractivity contribution is 6.42. The lowest BCUT2D eigenvalue weighted by Gasteiger charge is -2.49. The van der Waals surface area contributed by atoms with E-state index in [1.54, 1.807) is 6.07 Å². The largest absolute Gasteiger partial charge is 0.367 e. The quantitative estimate of drug-likeness (QED) is 0.898. The molecule has 5 rings (SSSR count). The standard InChI is InChI=1S/C16H16Cl2N4/c17-15-2-1-10(5-16(15)18)20-11-4-14(7-19-6-11)22-8-12-3-13(9-22)21-12/h1-2,4-7,12-13,20-21H,3,8-9H2. The highest BCUT2D eigenvalue weighted by Crippen LogP contribution is 2.30. The van der Waals surface area contributed by atoms with E-state index in [1.165, 1.54) is 6.42 Å². The Hall–Kier alpha value is -1.49. The van der Waals surface area contributed by atoms with Gasteiger partial charge in [-0.3, -0.25) is 4.98 Å². The molecule has 3 saturated heterocycles. The Morgan fingerprint density at radius 2 is 1.82 bits per heavy atom. The molecule has 0 aliphatic carbocycles. The summed E-state index contributed by atoms with van der Waals surface area (Å²) < 4.78 is 0. The number of hydrogen-bond donors (Lipinski definition) is 2. The van der Waals surface area contributed by atoms with Crippen LogP contribution in [0.3, 0.4) is 0 Å². The van der Waals surface area contributed by atoms with Gasteiger partial charge in [-0.15, -0.1) is 0 Å². The van der Waals surface area contributed by atoms with Crippen molar-refractivity contribution in [3.8, 4) is 0 Å². The van der Waals surface area contributed by atoms with Crippen molar-refractivity contribution >= 4 is 40.3 Å². The minimum atomic E-state index is 0.540. The monoisotopic (exact) mass is 334 g/mol. The van der Waals surface area contributed by atoms with E-state index in [9.17, 15) is 0 Å². The summed E-state index contributed by atoms with van der Waals surface area (Å²) in [5.41, 5.74) is 3.00. The van der Waals surface area contributed by atoms with Gasteiger partial charge in [-0.25, -0.2) is 0 Å². The third-order valence-corrected chi connectivity index (χ3v) is 4.96. The zero-order valence-electron chi connectivity index (χ0n) is 11.9. The van der Waals surface area contributed by atoms with Gasteiger partial charge in [0.05, 0.1) is 33.8 Å². The van der Waals surface area contributed by atoms with Gasteiger partial charge in [-0.1, -0.05) is 23.2 Å². The van der Waals surface area contributed by atoms with Crippen LogP contribution >= 0.6 is 23.2 Å². The van der Waals surface area contributed by atoms with E-state index in [0.29, 0.717) is 22.1 Å². The second kappa shape index (κ2) is 5.61. The van der Waals surface area contributed by atoms with Crippen LogP contribution in [0.15, 0.2) is 36.7 Å². The van der Waals surface area contributed by atoms with Gasteiger partial charge in [-0.05, 0) is 30.7 Å². The molecule has 2 bridgehead atoms. The third kappa shape index (κ3) is 2.74. The number of pyridine rings is 1. The van der Waals surface area contributed by atoms with E-state index in [4.69, 9.17) is 23.2 Å². The molecule has 2 aromatic rings. The van der Waals surface area contributed by atoms with Crippen LogP contribution in [0.2, 0.25) is 10.0 Å². The number of nitrogens with zero attached hydrogens (tertiary/aromatic N) is 2. The number of piperazine rings is 1. The fourth-order valence-electron chi connectivity index (χ4n) is 3.13. The smallest absolute Gasteiger partial charge is 0.0612 e. The lowest BCUT2D eigenvalue weighted by molar-refractivity contribution is 0.226. The molecule has 3 fully saturated rings. The van der Waals surface area contributed by atoms with E-state index in [0.717, 1.165) is 30.2 Å². The molecule has 0 saturated carbocycles. The van der Waals surface area contributed by atoms with Crippen LogP contribution in [0.1, 0.15) is 6.42 Å². The van der Waals surface area contributed by atoms with Gasteiger partial charge in [0.1, 0.15) is 0 Å². The Bertz CT molecular complexity index is 690. The first-order chi connectivity index (χ1) is 10.7. The number of anilines is 3. The number of nitrogens with one attached hydrogen (secondary N) is 2. The summed E-state index contributed by atoms with van der Waals surface area (Å²) in [7, 11) is 0. The molecule has 114 valence electrons. The highest BCUT2D eigenvalue weighted by Gasteiger charge is 2.36. The minimum absolute atomic E-state index is 0.540. The highest BCUT2D eigenvalue weighted by atomic mass is 35.5. The lowest BCUT2D eigenvalue weighted by atomic mass is 9.91. The molecular weight excluding hydrogens is 319 g/mol. The zero-order chi connectivity index (χ0) is 15.1. The summed E-state index contributed by atoms with van der Waals surface area (Å²) in [6.45, 7) is 2.10. The maximum atomic E-state index is 6.05. The van der Waals surface area contributed by atoms with Gasteiger partial charge in [0.25, 0.3) is 0 Å². The first-order valence-electron chi connectivity index (χ1n) is 7.35. The molecule has 1 aromatic heterocycles. The molecule has 6 heteroatoms. The predicted molar refractivity (Wildman–Crippen MR) is 91.5 cm³/mol. The van der Waals surface area contributed by atoms with Crippen molar-refractivity contribution in [2.24, 2.45) is 0 Å². The van der Waals surface area contributed by atoms with Crippen molar-refractivity contribution in [1.82, 2.24) is 10.3 Å². The number of fused-ring (bicyclic) bond motifs is 2. The summed E-state index contributed by atoms with van der Waals surface area (Å²) in [6, 6.07) is 8.89. The Balaban J connectivity index is 1.52. The van der Waals surface area contributed by atoms with Crippen LogP contribution in [0, 0.1) is 0 Å². The predicted octanol–water partition coefficient (Wildman–Crippen LogP) is 3.68. The van der Waals surface area contributed by atoms with Crippen LogP contribution in [0.25, 0.3) is 0 Å². The van der Waals surface area contributed by atoms with Gasteiger partial charge in [0, 0.05) is 30.9 Å². The number of benzene rings is 1. The van der Waals surface area contributed by atoms with Crippen LogP contribution in [-0.2, 0) is 0 Å². The Morgan fingerprint density at radius 3 is 2.55 bits per heavy atom. The molecule has 3 aliphatic heterocycles. The molecule has 0 amide bonds. The molecule has 2 N–H and O–H groups in total. The summed E-state index contributed by atoms with van der Waals surface area (Å²) in [6.07, 6.45) is 5.03. The third-order valence-electron chi connectivity index (χ3n) is 4.22. The molecule has 1 aromatic carbocycles. The van der Waals surface area contributed by atoms with Gasteiger partial charge < -0.3 is 15.5 Å². The molecule has 4 heterocycles. The molecule has 3 aliphatic rings. The van der Waals surface area contributed by atoms with E-state index >= 15 is 0 Å². The number of halogens is 2. The maximum Gasteiger partial charge on any atom is 0.0612 e. The fourth-order valence-corrected chi connectivity index (χ4v) is 3.43. The van der Waals surface area contributed by atoms with Crippen LogP contribution in [-0.4, -0.2) is 30.2 Å². The Morgan fingerprint density at radius 1 is 1.05 bits per heavy atom. The summed E-state index contributed by atoms with van der Waals surface area (Å²) in [5, 5.41) is 7.96. The molecular formula is C16H16Cl2N4. The van der Waals surface area contributed by atoms with Crippen molar-refractivity contribution in [1.29, 1.82) is 0 Å². The SMILES string of the molecule is Clc1ccc(Nc2cncc(N3CC4CC(C3)N4)c2)cc1Cl. The number of rotatable bonds is 3. The van der Waals surface area contributed by atoms with Crippen LogP contribution in [0.4, 0.5) is 17.1 Å². The summed E-state index contributed by atoms with van der Waals surface area (Å²) in [4.78, 5) is 6.74. The zero-order valence-corrected chi connectivity index (χ0v) is 13.4. The molecule has 0 radical (unpaired) electrons. The normalized spacial score (nSPS) is 23.1. The van der Waals surface area contributed by atoms with Gasteiger partial charge in [0.2, 0.25) is 0 Å². The maximum absolute atomic E-state index is 6.05.